The number of anilines is 2. The third kappa shape index (κ3) is 5.04. The molecule has 150 valence electrons. The molecule has 0 saturated heterocycles. The number of carbonyl (C=O) groups excluding carboxylic acids is 1. The molecule has 0 spiro atoms. The van der Waals surface area contributed by atoms with Crippen molar-refractivity contribution in [3.63, 3.8) is 0 Å². The molecular weight excluding hydrogens is 366 g/mol. The number of hydrogen-bond acceptors (Lipinski definition) is 5. The van der Waals surface area contributed by atoms with Gasteiger partial charge in [-0.05, 0) is 36.8 Å². The first-order valence-corrected chi connectivity index (χ1v) is 9.43. The summed E-state index contributed by atoms with van der Waals surface area (Å²) >= 11 is 0. The van der Waals surface area contributed by atoms with Gasteiger partial charge in [0.25, 0.3) is 5.91 Å². The normalized spacial score (nSPS) is 10.3. The molecule has 0 aliphatic carbocycles. The minimum absolute atomic E-state index is 0.0889. The number of carbonyl (C=O) groups is 1. The lowest BCUT2D eigenvalue weighted by atomic mass is 10.2. The lowest BCUT2D eigenvalue weighted by Crippen LogP contribution is -2.30. The van der Waals surface area contributed by atoms with E-state index in [1.54, 1.807) is 31.4 Å². The van der Waals surface area contributed by atoms with Crippen LogP contribution in [0.3, 0.4) is 0 Å². The molecule has 0 unspecified atom stereocenters. The Hall–Kier alpha value is -3.54. The van der Waals surface area contributed by atoms with Crippen molar-refractivity contribution < 1.29 is 14.3 Å². The molecule has 0 saturated carbocycles. The van der Waals surface area contributed by atoms with E-state index in [0.717, 1.165) is 16.9 Å². The highest BCUT2D eigenvalue weighted by molar-refractivity contribution is 5.92. The molecule has 6 heteroatoms. The van der Waals surface area contributed by atoms with E-state index in [4.69, 9.17) is 9.47 Å². The minimum atomic E-state index is -0.0889. The first-order chi connectivity index (χ1) is 14.1. The Morgan fingerprint density at radius 2 is 1.69 bits per heavy atom. The summed E-state index contributed by atoms with van der Waals surface area (Å²) < 4.78 is 10.6. The van der Waals surface area contributed by atoms with Crippen molar-refractivity contribution in [1.82, 2.24) is 9.88 Å². The summed E-state index contributed by atoms with van der Waals surface area (Å²) in [5.74, 6) is 1.21. The largest absolute Gasteiger partial charge is 0.493 e. The molecule has 0 atom stereocenters. The number of hydrogen-bond donors (Lipinski definition) is 1. The molecule has 3 aromatic rings. The van der Waals surface area contributed by atoms with Gasteiger partial charge in [-0.2, -0.15) is 0 Å². The average molecular weight is 391 g/mol. The maximum Gasteiger partial charge on any atom is 0.272 e. The van der Waals surface area contributed by atoms with Crippen molar-refractivity contribution in [3.8, 4) is 11.5 Å². The van der Waals surface area contributed by atoms with E-state index in [1.165, 1.54) is 0 Å². The summed E-state index contributed by atoms with van der Waals surface area (Å²) in [6.07, 6.45) is 1.65. The number of rotatable bonds is 8. The summed E-state index contributed by atoms with van der Waals surface area (Å²) in [5, 5.41) is 3.26. The van der Waals surface area contributed by atoms with Crippen LogP contribution < -0.4 is 14.8 Å². The van der Waals surface area contributed by atoms with E-state index in [9.17, 15) is 4.79 Å². The van der Waals surface area contributed by atoms with E-state index in [-0.39, 0.29) is 5.91 Å². The third-order valence-corrected chi connectivity index (χ3v) is 4.54. The van der Waals surface area contributed by atoms with Crippen molar-refractivity contribution in [2.75, 3.05) is 26.1 Å². The number of ether oxygens (including phenoxy) is 2. The average Bonchev–Trinajstić information content (AvgIpc) is 2.78. The van der Waals surface area contributed by atoms with Crippen LogP contribution in [0, 0.1) is 0 Å². The Morgan fingerprint density at radius 1 is 0.966 bits per heavy atom. The standard InChI is InChI=1S/C23H25N3O3/c1-4-26(16-17-8-6-5-7-9-17)23(27)20-12-10-19(15-24-20)25-18-11-13-21(28-2)22(14-18)29-3/h5-15,25H,4,16H2,1-3H3. The number of amides is 1. The van der Waals surface area contributed by atoms with Crippen LogP contribution in [0.1, 0.15) is 23.0 Å². The fourth-order valence-electron chi connectivity index (χ4n) is 2.97. The SMILES string of the molecule is CCN(Cc1ccccc1)C(=O)c1ccc(Nc2ccc(OC)c(OC)c2)cn1. The fraction of sp³-hybridized carbons (Fsp3) is 0.217. The second-order valence-electron chi connectivity index (χ2n) is 6.43. The molecule has 0 aliphatic rings. The molecule has 2 aromatic carbocycles. The monoisotopic (exact) mass is 391 g/mol. The molecule has 0 bridgehead atoms. The molecule has 1 aromatic heterocycles. The highest BCUT2D eigenvalue weighted by Crippen LogP contribution is 2.31. The number of pyridine rings is 1. The smallest absolute Gasteiger partial charge is 0.272 e. The first-order valence-electron chi connectivity index (χ1n) is 9.43. The van der Waals surface area contributed by atoms with E-state index in [2.05, 4.69) is 10.3 Å². The van der Waals surface area contributed by atoms with E-state index in [1.807, 2.05) is 61.5 Å². The Morgan fingerprint density at radius 3 is 2.31 bits per heavy atom. The van der Waals surface area contributed by atoms with Crippen molar-refractivity contribution in [1.29, 1.82) is 0 Å². The molecule has 3 rings (SSSR count). The van der Waals surface area contributed by atoms with Gasteiger partial charge in [0.1, 0.15) is 5.69 Å². The van der Waals surface area contributed by atoms with Crippen LogP contribution >= 0.6 is 0 Å². The van der Waals surface area contributed by atoms with Crippen LogP contribution in [0.5, 0.6) is 11.5 Å². The minimum Gasteiger partial charge on any atom is -0.493 e. The Bertz CT molecular complexity index is 943. The molecule has 1 N–H and O–H groups in total. The number of nitrogens with one attached hydrogen (secondary N) is 1. The Balaban J connectivity index is 1.69. The summed E-state index contributed by atoms with van der Waals surface area (Å²) in [6.45, 7) is 3.14. The van der Waals surface area contributed by atoms with Gasteiger partial charge in [-0.15, -0.1) is 0 Å². The van der Waals surface area contributed by atoms with Crippen LogP contribution in [-0.4, -0.2) is 36.6 Å². The summed E-state index contributed by atoms with van der Waals surface area (Å²) in [6, 6.07) is 19.1. The maximum absolute atomic E-state index is 12.8. The summed E-state index contributed by atoms with van der Waals surface area (Å²) in [4.78, 5) is 18.9. The molecule has 6 nitrogen and oxygen atoms in total. The Labute approximate surface area is 171 Å². The number of benzene rings is 2. The van der Waals surface area contributed by atoms with Gasteiger partial charge in [0.2, 0.25) is 0 Å². The molecule has 0 fully saturated rings. The van der Waals surface area contributed by atoms with Gasteiger partial charge in [0.05, 0.1) is 26.1 Å². The predicted octanol–water partition coefficient (Wildman–Crippen LogP) is 4.50. The zero-order valence-corrected chi connectivity index (χ0v) is 16.9. The second-order valence-corrected chi connectivity index (χ2v) is 6.43. The van der Waals surface area contributed by atoms with Crippen molar-refractivity contribution in [3.05, 3.63) is 78.1 Å². The van der Waals surface area contributed by atoms with E-state index < -0.39 is 0 Å². The topological polar surface area (TPSA) is 63.7 Å². The number of methoxy groups -OCH3 is 2. The second kappa shape index (κ2) is 9.59. The van der Waals surface area contributed by atoms with Crippen LogP contribution in [0.25, 0.3) is 0 Å². The first kappa shape index (κ1) is 20.2. The van der Waals surface area contributed by atoms with E-state index in [0.29, 0.717) is 30.3 Å². The van der Waals surface area contributed by atoms with Gasteiger partial charge < -0.3 is 19.7 Å². The van der Waals surface area contributed by atoms with Gasteiger partial charge in [0.15, 0.2) is 11.5 Å². The maximum atomic E-state index is 12.8. The van der Waals surface area contributed by atoms with Crippen LogP contribution in [0.2, 0.25) is 0 Å². The molecule has 0 aliphatic heterocycles. The molecule has 0 radical (unpaired) electrons. The molecule has 1 amide bonds. The molecule has 29 heavy (non-hydrogen) atoms. The number of nitrogens with zero attached hydrogens (tertiary/aromatic N) is 2. The van der Waals surface area contributed by atoms with Gasteiger partial charge >= 0.3 is 0 Å². The zero-order chi connectivity index (χ0) is 20.6. The lowest BCUT2D eigenvalue weighted by Gasteiger charge is -2.20. The zero-order valence-electron chi connectivity index (χ0n) is 16.9. The fourth-order valence-corrected chi connectivity index (χ4v) is 2.97. The van der Waals surface area contributed by atoms with E-state index >= 15 is 0 Å². The number of aromatic nitrogens is 1. The molecule has 1 heterocycles. The summed E-state index contributed by atoms with van der Waals surface area (Å²) in [5.41, 5.74) is 3.12. The van der Waals surface area contributed by atoms with Crippen molar-refractivity contribution >= 4 is 17.3 Å². The predicted molar refractivity (Wildman–Crippen MR) is 114 cm³/mol. The molecular formula is C23H25N3O3. The Kier molecular flexibility index (Phi) is 6.68. The lowest BCUT2D eigenvalue weighted by molar-refractivity contribution is 0.0746. The van der Waals surface area contributed by atoms with Crippen LogP contribution in [0.15, 0.2) is 66.9 Å². The third-order valence-electron chi connectivity index (χ3n) is 4.54. The van der Waals surface area contributed by atoms with Gasteiger partial charge in [-0.1, -0.05) is 30.3 Å². The van der Waals surface area contributed by atoms with Crippen molar-refractivity contribution in [2.24, 2.45) is 0 Å². The van der Waals surface area contributed by atoms with Gasteiger partial charge in [-0.25, -0.2) is 4.98 Å². The summed E-state index contributed by atoms with van der Waals surface area (Å²) in [7, 11) is 3.19. The van der Waals surface area contributed by atoms with Gasteiger partial charge in [-0.3, -0.25) is 4.79 Å². The van der Waals surface area contributed by atoms with Crippen LogP contribution in [0.4, 0.5) is 11.4 Å². The van der Waals surface area contributed by atoms with Crippen molar-refractivity contribution in [2.45, 2.75) is 13.5 Å². The highest BCUT2D eigenvalue weighted by Gasteiger charge is 2.16. The highest BCUT2D eigenvalue weighted by atomic mass is 16.5. The quantitative estimate of drug-likeness (QED) is 0.612. The van der Waals surface area contributed by atoms with Crippen LogP contribution in [-0.2, 0) is 6.54 Å². The van der Waals surface area contributed by atoms with Gasteiger partial charge in [0, 0.05) is 24.8 Å².